The summed E-state index contributed by atoms with van der Waals surface area (Å²) in [4.78, 5) is 0. The summed E-state index contributed by atoms with van der Waals surface area (Å²) < 4.78 is 64.3. The monoisotopic (exact) mass is 324 g/mol. The Morgan fingerprint density at radius 2 is 1.39 bits per heavy atom. The van der Waals surface area contributed by atoms with Crippen LogP contribution in [0.3, 0.4) is 0 Å². The van der Waals surface area contributed by atoms with Crippen LogP contribution >= 0.6 is 0 Å². The van der Waals surface area contributed by atoms with Crippen molar-refractivity contribution in [3.63, 3.8) is 0 Å². The van der Waals surface area contributed by atoms with Crippen LogP contribution in [-0.4, -0.2) is 0 Å². The summed E-state index contributed by atoms with van der Waals surface area (Å²) in [5.41, 5.74) is -0.284. The van der Waals surface area contributed by atoms with Crippen LogP contribution in [0.1, 0.15) is 35.6 Å². The third-order valence-electron chi connectivity index (χ3n) is 3.17. The lowest BCUT2D eigenvalue weighted by Gasteiger charge is -2.09. The van der Waals surface area contributed by atoms with Gasteiger partial charge in [-0.1, -0.05) is 37.3 Å². The van der Waals surface area contributed by atoms with Gasteiger partial charge in [-0.3, -0.25) is 0 Å². The van der Waals surface area contributed by atoms with Gasteiger partial charge in [-0.05, 0) is 36.2 Å². The van der Waals surface area contributed by atoms with Crippen molar-refractivity contribution in [2.75, 3.05) is 0 Å². The lowest BCUT2D eigenvalue weighted by atomic mass is 10.1. The van der Waals surface area contributed by atoms with Crippen LogP contribution in [0.2, 0.25) is 0 Å². The first-order valence-corrected chi connectivity index (χ1v) is 6.98. The zero-order chi connectivity index (χ0) is 17.0. The number of halogens is 5. The molecule has 0 aliphatic heterocycles. The number of rotatable bonds is 2. The van der Waals surface area contributed by atoms with Crippen LogP contribution in [0.5, 0.6) is 0 Å². The molecule has 2 aromatic rings. The predicted molar refractivity (Wildman–Crippen MR) is 77.8 cm³/mol. The Labute approximate surface area is 131 Å². The first kappa shape index (κ1) is 17.0. The van der Waals surface area contributed by atoms with E-state index < -0.39 is 23.4 Å². The SMILES string of the molecule is CCCc1ccc(C#Cc2cc(F)c(C(F)(F)F)c(F)c2)cc1. The van der Waals surface area contributed by atoms with Crippen LogP contribution < -0.4 is 0 Å². The molecule has 0 bridgehead atoms. The van der Waals surface area contributed by atoms with Gasteiger partial charge in [0.1, 0.15) is 17.2 Å². The summed E-state index contributed by atoms with van der Waals surface area (Å²) in [6.45, 7) is 2.06. The highest BCUT2D eigenvalue weighted by Crippen LogP contribution is 2.33. The summed E-state index contributed by atoms with van der Waals surface area (Å²) in [5.74, 6) is 1.82. The minimum Gasteiger partial charge on any atom is -0.206 e. The maximum atomic E-state index is 13.4. The molecule has 23 heavy (non-hydrogen) atoms. The number of aryl methyl sites for hydroxylation is 1. The molecule has 0 aliphatic carbocycles. The van der Waals surface area contributed by atoms with Gasteiger partial charge in [0.05, 0.1) is 0 Å². The molecule has 5 heteroatoms. The number of alkyl halides is 3. The van der Waals surface area contributed by atoms with E-state index in [9.17, 15) is 22.0 Å². The number of benzene rings is 2. The first-order valence-electron chi connectivity index (χ1n) is 6.98. The summed E-state index contributed by atoms with van der Waals surface area (Å²) in [7, 11) is 0. The van der Waals surface area contributed by atoms with Gasteiger partial charge in [0, 0.05) is 11.1 Å². The van der Waals surface area contributed by atoms with Gasteiger partial charge in [-0.15, -0.1) is 0 Å². The van der Waals surface area contributed by atoms with E-state index in [1.54, 1.807) is 12.1 Å². The van der Waals surface area contributed by atoms with Crippen molar-refractivity contribution in [3.8, 4) is 11.8 Å². The van der Waals surface area contributed by atoms with Crippen LogP contribution in [0.25, 0.3) is 0 Å². The van der Waals surface area contributed by atoms with Gasteiger partial charge in [0.25, 0.3) is 0 Å². The zero-order valence-electron chi connectivity index (χ0n) is 12.3. The van der Waals surface area contributed by atoms with Crippen molar-refractivity contribution in [2.24, 2.45) is 0 Å². The molecule has 0 saturated carbocycles. The standard InChI is InChI=1S/C18H13F5/c1-2-3-12-4-6-13(7-5-12)8-9-14-10-15(19)17(16(20)11-14)18(21,22)23/h4-7,10-11H,2-3H2,1H3. The maximum Gasteiger partial charge on any atom is 0.422 e. The minimum atomic E-state index is -5.07. The van der Waals surface area contributed by atoms with Crippen LogP contribution in [-0.2, 0) is 12.6 Å². The van der Waals surface area contributed by atoms with Crippen LogP contribution in [0, 0.1) is 23.5 Å². The van der Waals surface area contributed by atoms with Crippen molar-refractivity contribution >= 4 is 0 Å². The Balaban J connectivity index is 2.28. The molecule has 0 aromatic heterocycles. The second-order valence-corrected chi connectivity index (χ2v) is 5.01. The molecule has 2 aromatic carbocycles. The summed E-state index contributed by atoms with van der Waals surface area (Å²) >= 11 is 0. The molecule has 0 aliphatic rings. The second-order valence-electron chi connectivity index (χ2n) is 5.01. The lowest BCUT2D eigenvalue weighted by Crippen LogP contribution is -2.11. The second kappa shape index (κ2) is 6.82. The average molecular weight is 324 g/mol. The van der Waals surface area contributed by atoms with Gasteiger partial charge in [0.2, 0.25) is 0 Å². The molecule has 0 saturated heterocycles. The van der Waals surface area contributed by atoms with E-state index in [-0.39, 0.29) is 5.56 Å². The van der Waals surface area contributed by atoms with Crippen molar-refractivity contribution in [1.29, 1.82) is 0 Å². The van der Waals surface area contributed by atoms with E-state index in [4.69, 9.17) is 0 Å². The highest BCUT2D eigenvalue weighted by atomic mass is 19.4. The molecule has 0 atom stereocenters. The molecule has 0 heterocycles. The molecule has 0 amide bonds. The van der Waals surface area contributed by atoms with E-state index in [0.29, 0.717) is 17.7 Å². The van der Waals surface area contributed by atoms with E-state index in [2.05, 4.69) is 18.8 Å². The van der Waals surface area contributed by atoms with E-state index in [1.807, 2.05) is 12.1 Å². The zero-order valence-corrected chi connectivity index (χ0v) is 12.3. The predicted octanol–water partition coefficient (Wildman–Crippen LogP) is 5.34. The highest BCUT2D eigenvalue weighted by molar-refractivity contribution is 5.45. The summed E-state index contributed by atoms with van der Waals surface area (Å²) in [6.07, 6.45) is -3.13. The van der Waals surface area contributed by atoms with E-state index in [1.165, 1.54) is 0 Å². The Bertz CT molecular complexity index is 723. The van der Waals surface area contributed by atoms with Gasteiger partial charge < -0.3 is 0 Å². The molecule has 0 spiro atoms. The van der Waals surface area contributed by atoms with Crippen molar-refractivity contribution in [1.82, 2.24) is 0 Å². The topological polar surface area (TPSA) is 0 Å². The fourth-order valence-corrected chi connectivity index (χ4v) is 2.10. The Hall–Kier alpha value is -2.35. The van der Waals surface area contributed by atoms with Crippen LogP contribution in [0.15, 0.2) is 36.4 Å². The smallest absolute Gasteiger partial charge is 0.206 e. The Morgan fingerprint density at radius 1 is 0.870 bits per heavy atom. The number of hydrogen-bond donors (Lipinski definition) is 0. The third-order valence-corrected chi connectivity index (χ3v) is 3.17. The molecular weight excluding hydrogens is 311 g/mol. The molecule has 120 valence electrons. The quantitative estimate of drug-likeness (QED) is 0.517. The van der Waals surface area contributed by atoms with Gasteiger partial charge in [-0.25, -0.2) is 8.78 Å². The molecule has 0 unspecified atom stereocenters. The first-order chi connectivity index (χ1) is 10.8. The molecule has 0 radical (unpaired) electrons. The Kier molecular flexibility index (Phi) is 5.05. The van der Waals surface area contributed by atoms with Gasteiger partial charge in [0.15, 0.2) is 0 Å². The number of hydrogen-bond acceptors (Lipinski definition) is 0. The fourth-order valence-electron chi connectivity index (χ4n) is 2.10. The third kappa shape index (κ3) is 4.32. The molecular formula is C18H13F5. The Morgan fingerprint density at radius 3 is 1.87 bits per heavy atom. The average Bonchev–Trinajstić information content (AvgIpc) is 2.44. The minimum absolute atomic E-state index is 0.148. The van der Waals surface area contributed by atoms with Crippen LogP contribution in [0.4, 0.5) is 22.0 Å². The molecule has 2 rings (SSSR count). The molecule has 0 N–H and O–H groups in total. The van der Waals surface area contributed by atoms with E-state index >= 15 is 0 Å². The largest absolute Gasteiger partial charge is 0.422 e. The summed E-state index contributed by atoms with van der Waals surface area (Å²) in [5, 5.41) is 0. The van der Waals surface area contributed by atoms with Crippen molar-refractivity contribution < 1.29 is 22.0 Å². The van der Waals surface area contributed by atoms with Gasteiger partial charge in [-0.2, -0.15) is 13.2 Å². The van der Waals surface area contributed by atoms with Crippen molar-refractivity contribution in [2.45, 2.75) is 25.9 Å². The molecule has 0 fully saturated rings. The fraction of sp³-hybridized carbons (Fsp3) is 0.222. The lowest BCUT2D eigenvalue weighted by molar-refractivity contribution is -0.142. The summed E-state index contributed by atoms with van der Waals surface area (Å²) in [6, 6.07) is 8.47. The molecule has 0 nitrogen and oxygen atoms in total. The normalized spacial score (nSPS) is 11.0. The highest BCUT2D eigenvalue weighted by Gasteiger charge is 2.37. The van der Waals surface area contributed by atoms with Crippen molar-refractivity contribution in [3.05, 3.63) is 70.3 Å². The van der Waals surface area contributed by atoms with E-state index in [0.717, 1.165) is 18.4 Å². The maximum absolute atomic E-state index is 13.4. The van der Waals surface area contributed by atoms with Gasteiger partial charge >= 0.3 is 6.18 Å².